The topological polar surface area (TPSA) is 29.3 Å². The zero-order chi connectivity index (χ0) is 13.2. The van der Waals surface area contributed by atoms with Crippen LogP contribution < -0.4 is 5.73 Å². The van der Waals surface area contributed by atoms with Gasteiger partial charge in [-0.15, -0.1) is 6.58 Å². The molecule has 2 N–H and O–H groups in total. The average molecular weight is 244 g/mol. The quantitative estimate of drug-likeness (QED) is 0.807. The molecule has 1 aromatic rings. The van der Waals surface area contributed by atoms with Crippen molar-refractivity contribution in [2.45, 2.75) is 38.3 Å². The van der Waals surface area contributed by atoms with Gasteiger partial charge >= 0.3 is 0 Å². The van der Waals surface area contributed by atoms with Crippen molar-refractivity contribution in [3.8, 4) is 0 Å². The second-order valence-electron chi connectivity index (χ2n) is 5.13. The standard InChI is InChI=1S/C16H24N2/c1-4-11-16(17)14-10-8-7-9-13(14)12-15(16)18(5-2)6-3/h4,7-10,15H,1,5-6,11-12,17H2,2-3H3. The summed E-state index contributed by atoms with van der Waals surface area (Å²) in [5, 5.41) is 0. The van der Waals surface area contributed by atoms with Gasteiger partial charge in [-0.2, -0.15) is 0 Å². The molecule has 0 amide bonds. The maximum absolute atomic E-state index is 6.76. The first-order valence-corrected chi connectivity index (χ1v) is 6.89. The highest BCUT2D eigenvalue weighted by Crippen LogP contribution is 2.40. The second kappa shape index (κ2) is 5.25. The molecule has 1 aromatic carbocycles. The largest absolute Gasteiger partial charge is 0.320 e. The lowest BCUT2D eigenvalue weighted by atomic mass is 9.85. The lowest BCUT2D eigenvalue weighted by molar-refractivity contribution is 0.144. The van der Waals surface area contributed by atoms with Gasteiger partial charge in [0.25, 0.3) is 0 Å². The van der Waals surface area contributed by atoms with Gasteiger partial charge in [-0.3, -0.25) is 4.90 Å². The molecule has 0 bridgehead atoms. The number of fused-ring (bicyclic) bond motifs is 1. The molecule has 0 aromatic heterocycles. The van der Waals surface area contributed by atoms with Crippen LogP contribution in [0.25, 0.3) is 0 Å². The first kappa shape index (κ1) is 13.3. The summed E-state index contributed by atoms with van der Waals surface area (Å²) in [5.41, 5.74) is 9.20. The average Bonchev–Trinajstić information content (AvgIpc) is 2.66. The molecule has 1 aliphatic rings. The van der Waals surface area contributed by atoms with E-state index in [9.17, 15) is 0 Å². The van der Waals surface area contributed by atoms with Crippen LogP contribution in [-0.2, 0) is 12.0 Å². The lowest BCUT2D eigenvalue weighted by Crippen LogP contribution is -2.53. The van der Waals surface area contributed by atoms with Crippen LogP contribution in [-0.4, -0.2) is 24.0 Å². The first-order chi connectivity index (χ1) is 8.67. The van der Waals surface area contributed by atoms with E-state index in [0.717, 1.165) is 25.9 Å². The fraction of sp³-hybridized carbons (Fsp3) is 0.500. The summed E-state index contributed by atoms with van der Waals surface area (Å²) in [6.07, 6.45) is 3.85. The lowest BCUT2D eigenvalue weighted by Gasteiger charge is -2.38. The molecule has 0 fully saturated rings. The number of likely N-dealkylation sites (N-methyl/N-ethyl adjacent to an activating group) is 1. The van der Waals surface area contributed by atoms with Crippen LogP contribution in [0.3, 0.4) is 0 Å². The molecule has 0 saturated carbocycles. The molecular formula is C16H24N2. The summed E-state index contributed by atoms with van der Waals surface area (Å²) >= 11 is 0. The summed E-state index contributed by atoms with van der Waals surface area (Å²) in [5.74, 6) is 0. The Bertz CT molecular complexity index is 423. The molecule has 0 radical (unpaired) electrons. The van der Waals surface area contributed by atoms with Crippen LogP contribution in [0.5, 0.6) is 0 Å². The number of benzene rings is 1. The Morgan fingerprint density at radius 3 is 2.67 bits per heavy atom. The highest BCUT2D eigenvalue weighted by atomic mass is 15.2. The van der Waals surface area contributed by atoms with Crippen LogP contribution in [0.15, 0.2) is 36.9 Å². The molecule has 2 nitrogen and oxygen atoms in total. The fourth-order valence-corrected chi connectivity index (χ4v) is 3.33. The Morgan fingerprint density at radius 1 is 1.39 bits per heavy atom. The number of hydrogen-bond acceptors (Lipinski definition) is 2. The van der Waals surface area contributed by atoms with Crippen LogP contribution in [0, 0.1) is 0 Å². The van der Waals surface area contributed by atoms with Crippen molar-refractivity contribution in [2.24, 2.45) is 5.73 Å². The van der Waals surface area contributed by atoms with Crippen molar-refractivity contribution in [3.05, 3.63) is 48.0 Å². The highest BCUT2D eigenvalue weighted by Gasteiger charge is 2.44. The molecule has 0 spiro atoms. The minimum absolute atomic E-state index is 0.273. The zero-order valence-electron chi connectivity index (χ0n) is 11.5. The molecule has 18 heavy (non-hydrogen) atoms. The third kappa shape index (κ3) is 2.00. The third-order valence-electron chi connectivity index (χ3n) is 4.26. The van der Waals surface area contributed by atoms with Crippen LogP contribution in [0.4, 0.5) is 0 Å². The van der Waals surface area contributed by atoms with Gasteiger partial charge in [0, 0.05) is 6.04 Å². The van der Waals surface area contributed by atoms with Crippen molar-refractivity contribution in [1.82, 2.24) is 4.90 Å². The maximum atomic E-state index is 6.76. The third-order valence-corrected chi connectivity index (χ3v) is 4.26. The molecule has 98 valence electrons. The fourth-order valence-electron chi connectivity index (χ4n) is 3.33. The van der Waals surface area contributed by atoms with Gasteiger partial charge < -0.3 is 5.73 Å². The number of nitrogens with two attached hydrogens (primary N) is 1. The molecular weight excluding hydrogens is 220 g/mol. The van der Waals surface area contributed by atoms with Crippen LogP contribution >= 0.6 is 0 Å². The summed E-state index contributed by atoms with van der Waals surface area (Å²) in [7, 11) is 0. The Hall–Kier alpha value is -1.12. The van der Waals surface area contributed by atoms with Gasteiger partial charge in [-0.25, -0.2) is 0 Å². The molecule has 0 aliphatic heterocycles. The number of nitrogens with zero attached hydrogens (tertiary/aromatic N) is 1. The predicted octanol–water partition coefficient (Wildman–Crippen LogP) is 2.68. The molecule has 1 aliphatic carbocycles. The van der Waals surface area contributed by atoms with E-state index in [-0.39, 0.29) is 5.54 Å². The van der Waals surface area contributed by atoms with E-state index in [1.807, 2.05) is 6.08 Å². The van der Waals surface area contributed by atoms with E-state index in [0.29, 0.717) is 6.04 Å². The van der Waals surface area contributed by atoms with E-state index in [2.05, 4.69) is 49.6 Å². The second-order valence-corrected chi connectivity index (χ2v) is 5.13. The Labute approximate surface area is 110 Å². The number of rotatable bonds is 5. The van der Waals surface area contributed by atoms with E-state index < -0.39 is 0 Å². The molecule has 0 heterocycles. The van der Waals surface area contributed by atoms with Crippen molar-refractivity contribution >= 4 is 0 Å². The highest BCUT2D eigenvalue weighted by molar-refractivity contribution is 5.42. The number of hydrogen-bond donors (Lipinski definition) is 1. The summed E-state index contributed by atoms with van der Waals surface area (Å²) in [4.78, 5) is 2.48. The predicted molar refractivity (Wildman–Crippen MR) is 77.5 cm³/mol. The minimum Gasteiger partial charge on any atom is -0.320 e. The van der Waals surface area contributed by atoms with Crippen LogP contribution in [0.2, 0.25) is 0 Å². The Kier molecular flexibility index (Phi) is 3.88. The van der Waals surface area contributed by atoms with Crippen molar-refractivity contribution in [1.29, 1.82) is 0 Å². The van der Waals surface area contributed by atoms with Gasteiger partial charge in [0.05, 0.1) is 5.54 Å². The Balaban J connectivity index is 2.42. The minimum atomic E-state index is -0.273. The Morgan fingerprint density at radius 2 is 2.06 bits per heavy atom. The monoisotopic (exact) mass is 244 g/mol. The van der Waals surface area contributed by atoms with Gasteiger partial charge in [0.15, 0.2) is 0 Å². The molecule has 2 unspecified atom stereocenters. The summed E-state index contributed by atoms with van der Waals surface area (Å²) < 4.78 is 0. The van der Waals surface area contributed by atoms with Gasteiger partial charge in [0.1, 0.15) is 0 Å². The van der Waals surface area contributed by atoms with Gasteiger partial charge in [-0.1, -0.05) is 44.2 Å². The molecule has 2 heteroatoms. The first-order valence-electron chi connectivity index (χ1n) is 6.89. The normalized spacial score (nSPS) is 26.3. The van der Waals surface area contributed by atoms with Gasteiger partial charge in [-0.05, 0) is 37.1 Å². The van der Waals surface area contributed by atoms with Crippen molar-refractivity contribution < 1.29 is 0 Å². The van der Waals surface area contributed by atoms with E-state index >= 15 is 0 Å². The van der Waals surface area contributed by atoms with Crippen LogP contribution in [0.1, 0.15) is 31.4 Å². The van der Waals surface area contributed by atoms with E-state index in [1.165, 1.54) is 11.1 Å². The SMILES string of the molecule is C=CCC1(N)c2ccccc2CC1N(CC)CC. The maximum Gasteiger partial charge on any atom is 0.0607 e. The smallest absolute Gasteiger partial charge is 0.0607 e. The van der Waals surface area contributed by atoms with Gasteiger partial charge in [0.2, 0.25) is 0 Å². The van der Waals surface area contributed by atoms with Crippen molar-refractivity contribution in [2.75, 3.05) is 13.1 Å². The summed E-state index contributed by atoms with van der Waals surface area (Å²) in [6, 6.07) is 8.99. The van der Waals surface area contributed by atoms with E-state index in [1.54, 1.807) is 0 Å². The summed E-state index contributed by atoms with van der Waals surface area (Å²) in [6.45, 7) is 10.4. The molecule has 2 atom stereocenters. The molecule has 0 saturated heterocycles. The van der Waals surface area contributed by atoms with Crippen molar-refractivity contribution in [3.63, 3.8) is 0 Å². The van der Waals surface area contributed by atoms with E-state index in [4.69, 9.17) is 5.73 Å². The molecule has 2 rings (SSSR count). The zero-order valence-corrected chi connectivity index (χ0v) is 11.5.